The summed E-state index contributed by atoms with van der Waals surface area (Å²) in [6, 6.07) is 0. The van der Waals surface area contributed by atoms with E-state index >= 15 is 0 Å². The minimum absolute atomic E-state index is 0.259. The van der Waals surface area contributed by atoms with Gasteiger partial charge in [-0.3, -0.25) is 0 Å². The zero-order valence-electron chi connectivity index (χ0n) is 7.70. The fourth-order valence-electron chi connectivity index (χ4n) is 0.626. The molecule has 12 heavy (non-hydrogen) atoms. The molecule has 0 aliphatic carbocycles. The fourth-order valence-corrected chi connectivity index (χ4v) is 0.626. The molecule has 0 aromatic rings. The highest BCUT2D eigenvalue weighted by Gasteiger charge is 2.03. The van der Waals surface area contributed by atoms with Gasteiger partial charge in [-0.05, 0) is 6.42 Å². The van der Waals surface area contributed by atoms with Gasteiger partial charge in [-0.2, -0.15) is 0 Å². The summed E-state index contributed by atoms with van der Waals surface area (Å²) in [6.45, 7) is 0. The van der Waals surface area contributed by atoms with Crippen LogP contribution in [0.2, 0.25) is 0 Å². The molecule has 0 atom stereocenters. The average Bonchev–Trinajstić information content (AvgIpc) is 2.03. The maximum absolute atomic E-state index is 10.6. The second-order valence-electron chi connectivity index (χ2n) is 2.58. The number of hydrogen-bond acceptors (Lipinski definition) is 1. The molecular weight excluding hydrogens is 158 g/mol. The lowest BCUT2D eigenvalue weighted by Gasteiger charge is -1.94. The van der Waals surface area contributed by atoms with Crippen LogP contribution in [0.1, 0.15) is 12.8 Å². The lowest BCUT2D eigenvalue weighted by Crippen LogP contribution is -2.11. The molecule has 0 rings (SSSR count). The van der Waals surface area contributed by atoms with Crippen LogP contribution in [-0.4, -0.2) is 36.8 Å². The number of hydrogen-bond donors (Lipinski definition) is 1. The monoisotopic (exact) mass is 173 g/mol. The molecule has 0 bridgehead atoms. The Labute approximate surface area is 72.4 Å². The quantitative estimate of drug-likeness (QED) is 0.297. The van der Waals surface area contributed by atoms with E-state index in [0.717, 1.165) is 0 Å². The lowest BCUT2D eigenvalue weighted by atomic mass is 10.3. The van der Waals surface area contributed by atoms with E-state index in [4.69, 9.17) is 0 Å². The molecule has 1 radical (unpaired) electrons. The third-order valence-electron chi connectivity index (χ3n) is 1.40. The van der Waals surface area contributed by atoms with Gasteiger partial charge < -0.3 is 9.84 Å². The van der Waals surface area contributed by atoms with Crippen molar-refractivity contribution in [2.24, 2.45) is 0 Å². The molecule has 0 spiro atoms. The number of aliphatic hydroxyl groups is 1. The van der Waals surface area contributed by atoms with Crippen LogP contribution < -0.4 is 0 Å². The number of methoxy groups -OCH3 is 1. The molecule has 0 aliphatic rings. The van der Waals surface area contributed by atoms with Gasteiger partial charge in [0.05, 0.1) is 13.5 Å². The van der Waals surface area contributed by atoms with Gasteiger partial charge in [0, 0.05) is 6.08 Å². The third kappa shape index (κ3) is 4.60. The van der Waals surface area contributed by atoms with Crippen molar-refractivity contribution in [3.8, 4) is 0 Å². The minimum atomic E-state index is -0.360. The van der Waals surface area contributed by atoms with E-state index in [0.29, 0.717) is 12.8 Å². The Bertz CT molecular complexity index is 192. The highest BCUT2D eigenvalue weighted by Crippen LogP contribution is 1.97. The lowest BCUT2D eigenvalue weighted by molar-refractivity contribution is -0.474. The van der Waals surface area contributed by atoms with E-state index in [-0.39, 0.29) is 11.8 Å². The summed E-state index contributed by atoms with van der Waals surface area (Å²) >= 11 is 0. The van der Waals surface area contributed by atoms with Gasteiger partial charge in [0.15, 0.2) is 0 Å². The third-order valence-corrected chi connectivity index (χ3v) is 1.40. The standard InChI is InChI=1S/C8H14NO3/c1-9(2)7(10)5-4-6-8(11)12-3/h6H,4-5H2,1-3H3/p+1. The van der Waals surface area contributed by atoms with Gasteiger partial charge >= 0.3 is 11.8 Å². The predicted molar refractivity (Wildman–Crippen MR) is 44.8 cm³/mol. The Balaban J connectivity index is 3.78. The van der Waals surface area contributed by atoms with Gasteiger partial charge in [0.2, 0.25) is 0 Å². The Kier molecular flexibility index (Phi) is 4.92. The molecule has 0 aliphatic heterocycles. The second-order valence-corrected chi connectivity index (χ2v) is 2.58. The zero-order valence-corrected chi connectivity index (χ0v) is 7.70. The highest BCUT2D eigenvalue weighted by molar-refractivity contribution is 5.68. The van der Waals surface area contributed by atoms with Gasteiger partial charge in [-0.25, -0.2) is 9.68 Å². The smallest absolute Gasteiger partial charge is 0.333 e. The van der Waals surface area contributed by atoms with Crippen molar-refractivity contribution >= 4 is 5.90 Å². The Morgan fingerprint density at radius 3 is 2.58 bits per heavy atom. The molecule has 0 aromatic carbocycles. The summed E-state index contributed by atoms with van der Waals surface area (Å²) in [5, 5.41) is 19.8. The maximum atomic E-state index is 10.6. The van der Waals surface area contributed by atoms with Gasteiger partial charge in [-0.15, -0.1) is 0 Å². The van der Waals surface area contributed by atoms with Gasteiger partial charge in [-0.1, -0.05) is 0 Å². The first-order valence-electron chi connectivity index (χ1n) is 3.71. The molecule has 0 saturated carbocycles. The summed E-state index contributed by atoms with van der Waals surface area (Å²) in [7, 11) is 4.81. The van der Waals surface area contributed by atoms with Crippen molar-refractivity contribution in [1.82, 2.24) is 0 Å². The van der Waals surface area contributed by atoms with Crippen molar-refractivity contribution in [2.45, 2.75) is 12.8 Å². The first-order valence-corrected chi connectivity index (χ1v) is 3.71. The summed E-state index contributed by atoms with van der Waals surface area (Å²) in [5.74, 6) is -0.100. The Morgan fingerprint density at radius 1 is 1.58 bits per heavy atom. The zero-order chi connectivity index (χ0) is 9.56. The van der Waals surface area contributed by atoms with E-state index in [2.05, 4.69) is 4.74 Å². The van der Waals surface area contributed by atoms with Gasteiger partial charge in [0.1, 0.15) is 14.1 Å². The number of nitrogens with zero attached hydrogens (tertiary/aromatic N) is 1. The van der Waals surface area contributed by atoms with Crippen molar-refractivity contribution in [3.05, 3.63) is 12.0 Å². The molecule has 4 nitrogen and oxygen atoms in total. The summed E-state index contributed by atoms with van der Waals surface area (Å²) in [6.07, 6.45) is 2.36. The van der Waals surface area contributed by atoms with Crippen LogP contribution in [0, 0.1) is 0 Å². The van der Waals surface area contributed by atoms with Crippen molar-refractivity contribution in [3.63, 3.8) is 0 Å². The molecule has 0 heterocycles. The largest absolute Gasteiger partial charge is 0.466 e. The summed E-state index contributed by atoms with van der Waals surface area (Å²) in [5.41, 5.74) is 0. The number of allylic oxidation sites excluding steroid dienone is 1. The average molecular weight is 173 g/mol. The molecule has 0 unspecified atom stereocenters. The number of ether oxygens (including phenoxy) is 1. The molecule has 0 aromatic heterocycles. The molecular formula is C8H15NO3+. The van der Waals surface area contributed by atoms with E-state index in [1.54, 1.807) is 18.7 Å². The topological polar surface area (TPSA) is 52.4 Å². The second kappa shape index (κ2) is 5.46. The number of aliphatic hydroxyl groups excluding tert-OH is 1. The Morgan fingerprint density at radius 2 is 2.17 bits per heavy atom. The van der Waals surface area contributed by atoms with Gasteiger partial charge in [0.25, 0.3) is 0 Å². The van der Waals surface area contributed by atoms with E-state index in [9.17, 15) is 10.2 Å². The first-order chi connectivity index (χ1) is 5.57. The molecule has 0 fully saturated rings. The van der Waals surface area contributed by atoms with Crippen LogP contribution in [0.5, 0.6) is 0 Å². The van der Waals surface area contributed by atoms with Crippen LogP contribution >= 0.6 is 0 Å². The molecule has 69 valence electrons. The predicted octanol–water partition coefficient (Wildman–Crippen LogP) is 0.913. The molecule has 0 amide bonds. The van der Waals surface area contributed by atoms with Crippen molar-refractivity contribution in [2.75, 3.05) is 21.2 Å². The van der Waals surface area contributed by atoms with Crippen LogP contribution in [0.25, 0.3) is 0 Å². The summed E-state index contributed by atoms with van der Waals surface area (Å²) < 4.78 is 6.00. The fraction of sp³-hybridized carbons (Fsp3) is 0.625. The van der Waals surface area contributed by atoms with Crippen LogP contribution in [0.4, 0.5) is 0 Å². The number of rotatable bonds is 4. The van der Waals surface area contributed by atoms with E-state index in [1.165, 1.54) is 13.2 Å². The SMILES string of the molecule is COC([O])=CCCC(O)=[N+](C)C. The summed E-state index contributed by atoms with van der Waals surface area (Å²) in [4.78, 5) is 0. The molecule has 4 heteroatoms. The molecule has 0 saturated heterocycles. The van der Waals surface area contributed by atoms with E-state index < -0.39 is 0 Å². The van der Waals surface area contributed by atoms with Crippen LogP contribution in [0.15, 0.2) is 12.0 Å². The minimum Gasteiger partial charge on any atom is -0.466 e. The van der Waals surface area contributed by atoms with Crippen molar-refractivity contribution < 1.29 is 19.5 Å². The van der Waals surface area contributed by atoms with Crippen LogP contribution in [-0.2, 0) is 9.84 Å². The molecule has 1 N–H and O–H groups in total. The van der Waals surface area contributed by atoms with E-state index in [1.807, 2.05) is 0 Å². The Hall–Kier alpha value is -1.19. The van der Waals surface area contributed by atoms with Crippen LogP contribution in [0.3, 0.4) is 0 Å². The van der Waals surface area contributed by atoms with Crippen molar-refractivity contribution in [1.29, 1.82) is 0 Å². The maximum Gasteiger partial charge on any atom is 0.333 e. The first kappa shape index (κ1) is 10.8. The normalized spacial score (nSPS) is 11.1. The highest BCUT2D eigenvalue weighted by atomic mass is 16.6.